The summed E-state index contributed by atoms with van der Waals surface area (Å²) in [6.45, 7) is 1.90. The van der Waals surface area contributed by atoms with E-state index in [0.29, 0.717) is 34.5 Å². The van der Waals surface area contributed by atoms with Crippen LogP contribution >= 0.6 is 0 Å². The van der Waals surface area contributed by atoms with Crippen molar-refractivity contribution < 1.29 is 31.8 Å². The van der Waals surface area contributed by atoms with Crippen LogP contribution in [-0.4, -0.2) is 57.4 Å². The zero-order valence-corrected chi connectivity index (χ0v) is 22.0. The van der Waals surface area contributed by atoms with Crippen LogP contribution in [0, 0.1) is 5.95 Å². The lowest BCUT2D eigenvalue weighted by atomic mass is 9.85. The highest BCUT2D eigenvalue weighted by Gasteiger charge is 2.49. The van der Waals surface area contributed by atoms with E-state index in [-0.39, 0.29) is 29.4 Å². The largest absolute Gasteiger partial charge is 0.480 e. The van der Waals surface area contributed by atoms with E-state index in [2.05, 4.69) is 20.1 Å². The third-order valence-corrected chi connectivity index (χ3v) is 7.56. The number of benzene rings is 1. The molecular formula is C27H24F4N6O3. The number of methoxy groups -OCH3 is 2. The van der Waals surface area contributed by atoms with Crippen molar-refractivity contribution >= 4 is 17.2 Å². The number of carbonyl (C=O) groups is 1. The van der Waals surface area contributed by atoms with E-state index >= 15 is 0 Å². The molecule has 0 N–H and O–H groups in total. The average molecular weight is 557 g/mol. The first-order valence-corrected chi connectivity index (χ1v) is 12.5. The van der Waals surface area contributed by atoms with Crippen LogP contribution in [0.5, 0.6) is 11.9 Å². The lowest BCUT2D eigenvalue weighted by Crippen LogP contribution is -2.41. The van der Waals surface area contributed by atoms with Crippen LogP contribution in [0.4, 0.5) is 23.2 Å². The summed E-state index contributed by atoms with van der Waals surface area (Å²) < 4.78 is 66.3. The molecule has 208 valence electrons. The monoisotopic (exact) mass is 556 g/mol. The topological polar surface area (TPSA) is 94.7 Å². The summed E-state index contributed by atoms with van der Waals surface area (Å²) in [5.41, 5.74) is 2.34. The molecule has 4 heterocycles. The Balaban J connectivity index is 1.40. The Morgan fingerprint density at radius 2 is 1.85 bits per heavy atom. The predicted molar refractivity (Wildman–Crippen MR) is 135 cm³/mol. The fraction of sp³-hybridized carbons (Fsp3) is 0.370. The molecule has 0 unspecified atom stereocenters. The van der Waals surface area contributed by atoms with Gasteiger partial charge in [-0.1, -0.05) is 12.1 Å². The number of halogens is 4. The van der Waals surface area contributed by atoms with E-state index in [1.807, 2.05) is 6.07 Å². The molecule has 13 heteroatoms. The van der Waals surface area contributed by atoms with Gasteiger partial charge in [-0.05, 0) is 55.4 Å². The molecule has 1 fully saturated rings. The van der Waals surface area contributed by atoms with E-state index in [0.717, 1.165) is 21.2 Å². The second-order valence-electron chi connectivity index (χ2n) is 10.4. The number of fused-ring (bicyclic) bond motifs is 2. The Labute approximate surface area is 225 Å². The fourth-order valence-electron chi connectivity index (χ4n) is 5.49. The normalized spacial score (nSPS) is 19.7. The zero-order chi connectivity index (χ0) is 28.6. The van der Waals surface area contributed by atoms with Gasteiger partial charge >= 0.3 is 12.2 Å². The second kappa shape index (κ2) is 8.86. The number of amides is 1. The first-order chi connectivity index (χ1) is 18.9. The Hall–Kier alpha value is -4.29. The van der Waals surface area contributed by atoms with Gasteiger partial charge in [-0.15, -0.1) is 0 Å². The number of alkyl halides is 3. The van der Waals surface area contributed by atoms with Crippen LogP contribution in [0.3, 0.4) is 0 Å². The maximum Gasteiger partial charge on any atom is 0.406 e. The number of hydrogen-bond acceptors (Lipinski definition) is 7. The van der Waals surface area contributed by atoms with Gasteiger partial charge in [-0.25, -0.2) is 9.97 Å². The highest BCUT2D eigenvalue weighted by Crippen LogP contribution is 2.57. The molecule has 1 aromatic carbocycles. The van der Waals surface area contributed by atoms with Crippen molar-refractivity contribution in [2.75, 3.05) is 25.7 Å². The van der Waals surface area contributed by atoms with Crippen LogP contribution in [0.1, 0.15) is 48.8 Å². The minimum atomic E-state index is -4.54. The molecule has 1 aliphatic carbocycles. The average Bonchev–Trinajstić information content (AvgIpc) is 3.61. The van der Waals surface area contributed by atoms with E-state index in [9.17, 15) is 22.4 Å². The lowest BCUT2D eigenvalue weighted by molar-refractivity contribution is -0.134. The number of aromatic nitrogens is 5. The molecule has 3 aromatic heterocycles. The molecule has 0 saturated heterocycles. The van der Waals surface area contributed by atoms with E-state index in [1.165, 1.54) is 20.4 Å². The van der Waals surface area contributed by atoms with Gasteiger partial charge < -0.3 is 14.4 Å². The summed E-state index contributed by atoms with van der Waals surface area (Å²) in [4.78, 5) is 26.2. The molecule has 6 rings (SSSR count). The quantitative estimate of drug-likeness (QED) is 0.315. The van der Waals surface area contributed by atoms with Crippen molar-refractivity contribution in [3.05, 3.63) is 59.3 Å². The first-order valence-electron chi connectivity index (χ1n) is 12.5. The summed E-state index contributed by atoms with van der Waals surface area (Å²) in [7, 11) is 2.85. The Kier molecular flexibility index (Phi) is 5.75. The van der Waals surface area contributed by atoms with Crippen molar-refractivity contribution in [1.29, 1.82) is 0 Å². The fourth-order valence-corrected chi connectivity index (χ4v) is 5.49. The van der Waals surface area contributed by atoms with Crippen LogP contribution in [0.2, 0.25) is 0 Å². The van der Waals surface area contributed by atoms with E-state index in [1.54, 1.807) is 32.0 Å². The number of rotatable bonds is 6. The molecule has 2 aliphatic rings. The van der Waals surface area contributed by atoms with Gasteiger partial charge in [0.05, 0.1) is 37.1 Å². The first kappa shape index (κ1) is 26.0. The molecule has 0 radical (unpaired) electrons. The maximum absolute atomic E-state index is 14.7. The highest BCUT2D eigenvalue weighted by molar-refractivity contribution is 6.07. The second-order valence-corrected chi connectivity index (χ2v) is 10.4. The molecule has 0 bridgehead atoms. The molecule has 40 heavy (non-hydrogen) atoms. The van der Waals surface area contributed by atoms with Gasteiger partial charge in [0, 0.05) is 17.4 Å². The van der Waals surface area contributed by atoms with Gasteiger partial charge in [0.1, 0.15) is 6.54 Å². The highest BCUT2D eigenvalue weighted by atomic mass is 19.4. The van der Waals surface area contributed by atoms with Crippen LogP contribution in [0.15, 0.2) is 36.7 Å². The number of anilines is 1. The molecule has 1 aliphatic heterocycles. The van der Waals surface area contributed by atoms with Crippen molar-refractivity contribution in [3.63, 3.8) is 0 Å². The SMILES string of the molecule is COc1ncc(-c2cc([C@H]3C[C@@H]3c3ccc4c(c3)N(CC(F)(F)F)C(=O)C4(C)C)c3ncc(F)n3n2)c(OC)n1. The number of ether oxygens (including phenoxy) is 2. The number of carbonyl (C=O) groups excluding carboxylic acids is 1. The van der Waals surface area contributed by atoms with Gasteiger partial charge in [-0.3, -0.25) is 4.79 Å². The van der Waals surface area contributed by atoms with Crippen molar-refractivity contribution in [2.45, 2.75) is 43.7 Å². The van der Waals surface area contributed by atoms with Crippen molar-refractivity contribution in [1.82, 2.24) is 24.6 Å². The molecule has 4 aromatic rings. The van der Waals surface area contributed by atoms with Gasteiger partial charge in [0.15, 0.2) is 5.65 Å². The standard InChI is InChI=1S/C27H24F4N6O3/c1-26(2)18-6-5-13(7-20(18)36(24(26)38)12-27(29,30)31)14-8-15(14)16-9-19(35-37-21(28)11-32-22(16)37)17-10-33-25(40-4)34-23(17)39-3/h5-7,9-11,14-15H,8,12H2,1-4H3/t14-,15+/m1/s1. The van der Waals surface area contributed by atoms with Crippen LogP contribution in [-0.2, 0) is 10.2 Å². The Bertz CT molecular complexity index is 1670. The summed E-state index contributed by atoms with van der Waals surface area (Å²) >= 11 is 0. The Morgan fingerprint density at radius 1 is 1.07 bits per heavy atom. The minimum absolute atomic E-state index is 0.0790. The zero-order valence-electron chi connectivity index (χ0n) is 22.0. The third-order valence-electron chi connectivity index (χ3n) is 7.56. The predicted octanol–water partition coefficient (Wildman–Crippen LogP) is 4.80. The maximum atomic E-state index is 14.7. The smallest absolute Gasteiger partial charge is 0.406 e. The van der Waals surface area contributed by atoms with Gasteiger partial charge in [-0.2, -0.15) is 32.2 Å². The molecule has 1 amide bonds. The summed E-state index contributed by atoms with van der Waals surface area (Å²) in [6.07, 6.45) is -1.34. The van der Waals surface area contributed by atoms with Crippen LogP contribution < -0.4 is 14.4 Å². The van der Waals surface area contributed by atoms with Crippen molar-refractivity contribution in [3.8, 4) is 23.1 Å². The Morgan fingerprint density at radius 3 is 2.55 bits per heavy atom. The van der Waals surface area contributed by atoms with Crippen molar-refractivity contribution in [2.24, 2.45) is 0 Å². The van der Waals surface area contributed by atoms with Crippen LogP contribution in [0.25, 0.3) is 16.9 Å². The summed E-state index contributed by atoms with van der Waals surface area (Å²) in [5.74, 6) is -1.26. The molecule has 0 spiro atoms. The van der Waals surface area contributed by atoms with E-state index < -0.39 is 30.0 Å². The summed E-state index contributed by atoms with van der Waals surface area (Å²) in [5, 5.41) is 4.38. The van der Waals surface area contributed by atoms with Gasteiger partial charge in [0.2, 0.25) is 17.7 Å². The van der Waals surface area contributed by atoms with E-state index in [4.69, 9.17) is 9.47 Å². The molecule has 1 saturated carbocycles. The number of hydrogen-bond donors (Lipinski definition) is 0. The number of nitrogens with zero attached hydrogens (tertiary/aromatic N) is 6. The molecular weight excluding hydrogens is 532 g/mol. The molecule has 2 atom stereocenters. The minimum Gasteiger partial charge on any atom is -0.480 e. The third kappa shape index (κ3) is 4.11. The lowest BCUT2D eigenvalue weighted by Gasteiger charge is -2.21. The van der Waals surface area contributed by atoms with Gasteiger partial charge in [0.25, 0.3) is 0 Å². The number of imidazole rings is 1. The molecule has 9 nitrogen and oxygen atoms in total. The summed E-state index contributed by atoms with van der Waals surface area (Å²) in [6, 6.07) is 7.12.